The van der Waals surface area contributed by atoms with Crippen LogP contribution in [0.5, 0.6) is 17.2 Å². The van der Waals surface area contributed by atoms with Crippen LogP contribution in [0, 0.1) is 11.8 Å². The van der Waals surface area contributed by atoms with Gasteiger partial charge in [-0.25, -0.2) is 0 Å². The molecule has 6 nitrogen and oxygen atoms in total. The highest BCUT2D eigenvalue weighted by Gasteiger charge is 2.48. The minimum atomic E-state index is -4.38. The fraction of sp³-hybridized carbons (Fsp3) is 0.467. The predicted octanol–water partition coefficient (Wildman–Crippen LogP) is 6.88. The lowest BCUT2D eigenvalue weighted by atomic mass is 9.78. The summed E-state index contributed by atoms with van der Waals surface area (Å²) in [4.78, 5) is 0. The van der Waals surface area contributed by atoms with E-state index in [0.29, 0.717) is 36.0 Å². The number of methoxy groups -OCH3 is 4. The normalized spacial score (nSPS) is 22.8. The third-order valence-corrected chi connectivity index (χ3v) is 7.28. The Morgan fingerprint density at radius 1 is 1.05 bits per heavy atom. The molecule has 3 unspecified atom stereocenters. The van der Waals surface area contributed by atoms with Gasteiger partial charge in [0.1, 0.15) is 0 Å². The monoisotopic (exact) mass is 550 g/mol. The molecule has 0 spiro atoms. The molecule has 3 rings (SSSR count). The van der Waals surface area contributed by atoms with Crippen molar-refractivity contribution in [2.75, 3.05) is 41.7 Å². The fourth-order valence-corrected chi connectivity index (χ4v) is 4.77. The Morgan fingerprint density at radius 2 is 1.67 bits per heavy atom. The van der Waals surface area contributed by atoms with Gasteiger partial charge in [-0.2, -0.15) is 13.2 Å². The molecule has 0 aromatic heterocycles. The zero-order valence-corrected chi connectivity index (χ0v) is 23.4. The van der Waals surface area contributed by atoms with Gasteiger partial charge in [0.25, 0.3) is 0 Å². The van der Waals surface area contributed by atoms with Crippen LogP contribution in [0.15, 0.2) is 54.1 Å². The SMILES string of the molecule is C/C=C(/C)C(OC)OCC1C(/C=C/c2ccc(C(F)(F)F)cc2)CO[C@]1(C)c1cc(OC)c(OC)c(OC)c1. The molecule has 1 aliphatic rings. The summed E-state index contributed by atoms with van der Waals surface area (Å²) < 4.78 is 73.8. The summed E-state index contributed by atoms with van der Waals surface area (Å²) >= 11 is 0. The molecule has 2 aromatic carbocycles. The number of allylic oxidation sites excluding steroid dienone is 1. The van der Waals surface area contributed by atoms with Gasteiger partial charge in [-0.05, 0) is 61.7 Å². The summed E-state index contributed by atoms with van der Waals surface area (Å²) in [5.74, 6) is 1.17. The van der Waals surface area contributed by atoms with Gasteiger partial charge in [-0.15, -0.1) is 0 Å². The summed E-state index contributed by atoms with van der Waals surface area (Å²) in [6.07, 6.45) is 0.797. The summed E-state index contributed by atoms with van der Waals surface area (Å²) in [6.45, 7) is 6.49. The third-order valence-electron chi connectivity index (χ3n) is 7.28. The quantitative estimate of drug-likeness (QED) is 0.225. The minimum Gasteiger partial charge on any atom is -0.493 e. The first-order valence-electron chi connectivity index (χ1n) is 12.6. The molecule has 1 heterocycles. The van der Waals surface area contributed by atoms with Crippen molar-refractivity contribution >= 4 is 6.08 Å². The average molecular weight is 551 g/mol. The number of hydrogen-bond acceptors (Lipinski definition) is 6. The second-order valence-corrected chi connectivity index (χ2v) is 9.51. The molecule has 1 aliphatic heterocycles. The van der Waals surface area contributed by atoms with Crippen LogP contribution in [0.2, 0.25) is 0 Å². The molecule has 2 aromatic rings. The second-order valence-electron chi connectivity index (χ2n) is 9.51. The van der Waals surface area contributed by atoms with Crippen molar-refractivity contribution in [3.8, 4) is 17.2 Å². The van der Waals surface area contributed by atoms with Crippen molar-refractivity contribution in [1.29, 1.82) is 0 Å². The van der Waals surface area contributed by atoms with E-state index in [1.807, 2.05) is 51.1 Å². The first-order valence-corrected chi connectivity index (χ1v) is 12.6. The number of hydrogen-bond donors (Lipinski definition) is 0. The number of rotatable bonds is 11. The van der Waals surface area contributed by atoms with Gasteiger partial charge in [0, 0.05) is 18.9 Å². The zero-order chi connectivity index (χ0) is 28.8. The summed E-state index contributed by atoms with van der Waals surface area (Å²) in [6, 6.07) is 8.79. The molecule has 0 aliphatic carbocycles. The van der Waals surface area contributed by atoms with E-state index in [9.17, 15) is 13.2 Å². The van der Waals surface area contributed by atoms with E-state index in [4.69, 9.17) is 28.4 Å². The molecule has 9 heteroatoms. The minimum absolute atomic E-state index is 0.111. The van der Waals surface area contributed by atoms with Crippen LogP contribution in [0.1, 0.15) is 37.5 Å². The van der Waals surface area contributed by atoms with Gasteiger partial charge < -0.3 is 28.4 Å². The van der Waals surface area contributed by atoms with Crippen molar-refractivity contribution in [2.24, 2.45) is 11.8 Å². The van der Waals surface area contributed by atoms with Crippen LogP contribution >= 0.6 is 0 Å². The lowest BCUT2D eigenvalue weighted by Gasteiger charge is -2.34. The fourth-order valence-electron chi connectivity index (χ4n) is 4.77. The predicted molar refractivity (Wildman–Crippen MR) is 143 cm³/mol. The smallest absolute Gasteiger partial charge is 0.416 e. The average Bonchev–Trinajstić information content (AvgIpc) is 3.26. The standard InChI is InChI=1S/C30H37F3O6/c1-8-19(2)28(37-7)38-18-24-21(12-9-20-10-13-22(14-11-20)30(31,32)33)17-39-29(24,3)23-15-25(34-4)27(36-6)26(16-23)35-5/h8-16,21,24,28H,17-18H2,1-7H3/b12-9+,19-8-/t21?,24?,28?,29-/m1/s1. The Morgan fingerprint density at radius 3 is 2.15 bits per heavy atom. The molecular formula is C30H37F3O6. The van der Waals surface area contributed by atoms with E-state index >= 15 is 0 Å². The molecular weight excluding hydrogens is 513 g/mol. The number of ether oxygens (including phenoxy) is 6. The molecule has 0 bridgehead atoms. The third kappa shape index (κ3) is 6.77. The van der Waals surface area contributed by atoms with Crippen molar-refractivity contribution in [1.82, 2.24) is 0 Å². The van der Waals surface area contributed by atoms with Crippen molar-refractivity contribution in [2.45, 2.75) is 38.8 Å². The number of halogens is 3. The Balaban J connectivity index is 1.98. The van der Waals surface area contributed by atoms with Crippen LogP contribution in [-0.2, 0) is 26.0 Å². The second kappa shape index (κ2) is 12.9. The van der Waals surface area contributed by atoms with Gasteiger partial charge in [0.05, 0.1) is 45.7 Å². The summed E-state index contributed by atoms with van der Waals surface area (Å²) in [7, 11) is 6.24. The lowest BCUT2D eigenvalue weighted by molar-refractivity contribution is -0.137. The van der Waals surface area contributed by atoms with Crippen LogP contribution < -0.4 is 14.2 Å². The van der Waals surface area contributed by atoms with E-state index in [0.717, 1.165) is 23.3 Å². The highest BCUT2D eigenvalue weighted by molar-refractivity contribution is 5.55. The van der Waals surface area contributed by atoms with Gasteiger partial charge in [0.2, 0.25) is 5.75 Å². The van der Waals surface area contributed by atoms with Crippen molar-refractivity contribution in [3.05, 3.63) is 70.8 Å². The van der Waals surface area contributed by atoms with Crippen LogP contribution in [0.25, 0.3) is 6.08 Å². The van der Waals surface area contributed by atoms with Gasteiger partial charge in [0.15, 0.2) is 17.8 Å². The molecule has 0 amide bonds. The Labute approximate surface area is 228 Å². The molecule has 4 atom stereocenters. The molecule has 0 radical (unpaired) electrons. The Kier molecular flexibility index (Phi) is 10.1. The van der Waals surface area contributed by atoms with Crippen molar-refractivity contribution < 1.29 is 41.6 Å². The van der Waals surface area contributed by atoms with Crippen LogP contribution in [-0.4, -0.2) is 47.9 Å². The lowest BCUT2D eigenvalue weighted by Crippen LogP contribution is -2.36. The number of benzene rings is 2. The highest BCUT2D eigenvalue weighted by atomic mass is 19.4. The Hall–Kier alpha value is -3.01. The maximum absolute atomic E-state index is 13.0. The molecule has 1 fully saturated rings. The molecule has 0 N–H and O–H groups in total. The van der Waals surface area contributed by atoms with Crippen LogP contribution in [0.3, 0.4) is 0 Å². The molecule has 1 saturated heterocycles. The van der Waals surface area contributed by atoms with E-state index in [-0.39, 0.29) is 11.8 Å². The topological polar surface area (TPSA) is 55.4 Å². The summed E-state index contributed by atoms with van der Waals surface area (Å²) in [5.41, 5.74) is 0.901. The van der Waals surface area contributed by atoms with E-state index < -0.39 is 23.6 Å². The van der Waals surface area contributed by atoms with Crippen molar-refractivity contribution in [3.63, 3.8) is 0 Å². The molecule has 214 valence electrons. The Bertz CT molecular complexity index is 1130. The van der Waals surface area contributed by atoms with Gasteiger partial charge >= 0.3 is 6.18 Å². The maximum atomic E-state index is 13.0. The summed E-state index contributed by atoms with van der Waals surface area (Å²) in [5, 5.41) is 0. The first kappa shape index (κ1) is 30.5. The largest absolute Gasteiger partial charge is 0.493 e. The van der Waals surface area contributed by atoms with Gasteiger partial charge in [-0.1, -0.05) is 30.4 Å². The van der Waals surface area contributed by atoms with E-state index in [2.05, 4.69) is 0 Å². The maximum Gasteiger partial charge on any atom is 0.416 e. The first-order chi connectivity index (χ1) is 18.5. The van der Waals surface area contributed by atoms with Crippen LogP contribution in [0.4, 0.5) is 13.2 Å². The molecule has 0 saturated carbocycles. The highest BCUT2D eigenvalue weighted by Crippen LogP contribution is 2.49. The molecule has 39 heavy (non-hydrogen) atoms. The van der Waals surface area contributed by atoms with E-state index in [1.54, 1.807) is 28.4 Å². The number of alkyl halides is 3. The van der Waals surface area contributed by atoms with E-state index in [1.165, 1.54) is 12.1 Å². The zero-order valence-electron chi connectivity index (χ0n) is 23.4. The van der Waals surface area contributed by atoms with Gasteiger partial charge in [-0.3, -0.25) is 0 Å².